The maximum atomic E-state index is 13.5. The van der Waals surface area contributed by atoms with Gasteiger partial charge in [-0.3, -0.25) is 19.2 Å². The Morgan fingerprint density at radius 3 is 1.54 bits per heavy atom. The van der Waals surface area contributed by atoms with Crippen LogP contribution in [0.15, 0.2) is 87.2 Å². The molecule has 4 N–H and O–H groups in total. The van der Waals surface area contributed by atoms with Gasteiger partial charge in [-0.25, -0.2) is 0 Å². The molecule has 0 amide bonds. The summed E-state index contributed by atoms with van der Waals surface area (Å²) in [7, 11) is 0. The van der Waals surface area contributed by atoms with Crippen molar-refractivity contribution in [3.8, 4) is 23.0 Å². The third-order valence-electron chi connectivity index (χ3n) is 7.18. The van der Waals surface area contributed by atoms with Crippen molar-refractivity contribution >= 4 is 109 Å². The smallest absolute Gasteiger partial charge is 0.308 e. The molecule has 0 radical (unpaired) electrons. The van der Waals surface area contributed by atoms with Crippen molar-refractivity contribution in [2.24, 2.45) is 0 Å². The molecule has 2 heterocycles. The minimum absolute atomic E-state index is 0.0794. The average Bonchev–Trinajstić information content (AvgIpc) is 3.78. The van der Waals surface area contributed by atoms with Gasteiger partial charge in [-0.05, 0) is 126 Å². The number of ether oxygens (including phenoxy) is 2. The summed E-state index contributed by atoms with van der Waals surface area (Å²) in [5.41, 5.74) is -0.722. The Kier molecular flexibility index (Phi) is 10.2. The number of carbonyl (C=O) groups excluding carboxylic acids is 4. The van der Waals surface area contributed by atoms with Crippen LogP contribution in [0.2, 0.25) is 0 Å². The highest BCUT2D eigenvalue weighted by Gasteiger charge is 2.28. The van der Waals surface area contributed by atoms with Gasteiger partial charge < -0.3 is 38.7 Å². The summed E-state index contributed by atoms with van der Waals surface area (Å²) < 4.78 is 70.8. The first-order valence-electron chi connectivity index (χ1n) is 18.2. The van der Waals surface area contributed by atoms with Crippen LogP contribution in [0, 0.1) is 0 Å². The number of aromatic hydroxyl groups is 2. The van der Waals surface area contributed by atoms with Crippen LogP contribution in [0.25, 0.3) is 21.9 Å². The van der Waals surface area contributed by atoms with Gasteiger partial charge in [-0.15, -0.1) is 0 Å². The molecule has 6 aromatic rings. The number of phenols is 2. The number of fused-ring (bicyclic) bond motifs is 2. The third-order valence-corrected chi connectivity index (χ3v) is 9.57. The Morgan fingerprint density at radius 1 is 0.667 bits per heavy atom. The molecule has 0 bridgehead atoms. The molecular formula is C38H28Br4O12. The summed E-state index contributed by atoms with van der Waals surface area (Å²) in [5.74, 6) is -4.24. The number of benzene rings is 4. The summed E-state index contributed by atoms with van der Waals surface area (Å²) in [4.78, 5) is 49.4. The first-order valence-corrected chi connectivity index (χ1v) is 18.4. The second kappa shape index (κ2) is 16.6. The molecule has 54 heavy (non-hydrogen) atoms. The summed E-state index contributed by atoms with van der Waals surface area (Å²) in [5, 5.41) is 39.7. The molecule has 2 unspecified atom stereocenters. The van der Waals surface area contributed by atoms with E-state index in [0.29, 0.717) is 0 Å². The molecule has 0 spiro atoms. The highest BCUT2D eigenvalue weighted by molar-refractivity contribution is 9.11. The fraction of sp³-hybridized carbons (Fsp3) is 0.158. The molecule has 2 atom stereocenters. The van der Waals surface area contributed by atoms with Gasteiger partial charge in [-0.2, -0.15) is 0 Å². The van der Waals surface area contributed by atoms with Gasteiger partial charge in [0, 0.05) is 47.8 Å². The van der Waals surface area contributed by atoms with Crippen LogP contribution in [0.4, 0.5) is 0 Å². The lowest BCUT2D eigenvalue weighted by atomic mass is 9.98. The predicted octanol–water partition coefficient (Wildman–Crippen LogP) is 9.75. The van der Waals surface area contributed by atoms with Crippen molar-refractivity contribution < 1.29 is 66.1 Å². The monoisotopic (exact) mass is 998 g/mol. The maximum Gasteiger partial charge on any atom is 0.308 e. The van der Waals surface area contributed by atoms with Gasteiger partial charge >= 0.3 is 11.9 Å². The number of carbonyl (C=O) groups is 4. The normalized spacial score (nSPS) is 13.7. The number of phenolic OH excluding ortho intramolecular Hbond substituents is 2. The van der Waals surface area contributed by atoms with Crippen LogP contribution in [0.3, 0.4) is 0 Å². The molecular weight excluding hydrogens is 968 g/mol. The van der Waals surface area contributed by atoms with E-state index >= 15 is 0 Å². The zero-order valence-electron chi connectivity index (χ0n) is 34.0. The van der Waals surface area contributed by atoms with Crippen LogP contribution in [0.1, 0.15) is 91.5 Å². The Labute approximate surface area is 348 Å². The van der Waals surface area contributed by atoms with E-state index in [4.69, 9.17) is 26.5 Å². The second-order valence-corrected chi connectivity index (χ2v) is 14.7. The molecule has 280 valence electrons. The Hall–Kier alpha value is -4.32. The minimum Gasteiger partial charge on any atom is -0.508 e. The number of halogens is 4. The number of hydrogen-bond donors (Lipinski definition) is 4. The number of aliphatic hydroxyl groups excluding tert-OH is 2. The first kappa shape index (κ1) is 33.1. The minimum atomic E-state index is -1.30. The summed E-state index contributed by atoms with van der Waals surface area (Å²) in [6, 6.07) is 2.25. The van der Waals surface area contributed by atoms with Crippen LogP contribution < -0.4 is 9.47 Å². The van der Waals surface area contributed by atoms with E-state index in [2.05, 4.69) is 63.7 Å². The summed E-state index contributed by atoms with van der Waals surface area (Å²) in [6.45, 7) is 5.00. The number of furan rings is 2. The summed E-state index contributed by atoms with van der Waals surface area (Å²) in [6.07, 6.45) is -2.54. The van der Waals surface area contributed by atoms with E-state index in [0.717, 1.165) is 6.92 Å². The van der Waals surface area contributed by atoms with E-state index in [9.17, 15) is 39.6 Å². The van der Waals surface area contributed by atoms with Crippen molar-refractivity contribution in [1.29, 1.82) is 0 Å². The standard InChI is InChI=1S/C21H16Br2O7.C17H12Br2O5/c1-9(24)20-18(14-5-4-13(28-10(2)25)8-17(14)30-20)19(27)12-6-15(22)21(16(23)7-12)29-11(3)26;1-7(20)17-14(10-3-2-9(21)6-13(10)24-17)15(22)8-4-11(18)16(23)12(19)5-8/h4-9,24H,1-3H3;2-7,20-21,23H,1H3/i4D,5D,8D;2D,3D,6D. The van der Waals surface area contributed by atoms with Gasteiger partial charge in [0.1, 0.15) is 52.1 Å². The zero-order chi connectivity index (χ0) is 45.0. The number of rotatable bonds is 8. The largest absolute Gasteiger partial charge is 0.508 e. The topological polar surface area (TPSA) is 194 Å². The van der Waals surface area contributed by atoms with E-state index in [1.54, 1.807) is 0 Å². The zero-order valence-corrected chi connectivity index (χ0v) is 34.4. The van der Waals surface area contributed by atoms with Crippen molar-refractivity contribution in [3.63, 3.8) is 0 Å². The number of esters is 2. The molecule has 12 nitrogen and oxygen atoms in total. The van der Waals surface area contributed by atoms with Gasteiger partial charge in [0.15, 0.2) is 17.3 Å². The molecule has 2 aromatic heterocycles. The van der Waals surface area contributed by atoms with Gasteiger partial charge in [-0.1, -0.05) is 0 Å². The van der Waals surface area contributed by atoms with Crippen molar-refractivity contribution in [2.75, 3.05) is 0 Å². The highest BCUT2D eigenvalue weighted by Crippen LogP contribution is 2.40. The van der Waals surface area contributed by atoms with Crippen LogP contribution >= 0.6 is 63.7 Å². The van der Waals surface area contributed by atoms with E-state index in [1.165, 1.54) is 45.0 Å². The lowest BCUT2D eigenvalue weighted by molar-refractivity contribution is -0.132. The number of aliphatic hydroxyl groups is 2. The Bertz CT molecular complexity index is 2770. The average molecular weight is 1000 g/mol. The third kappa shape index (κ3) is 8.64. The van der Waals surface area contributed by atoms with Crippen LogP contribution in [-0.2, 0) is 9.59 Å². The van der Waals surface area contributed by atoms with Crippen molar-refractivity contribution in [2.45, 2.75) is 39.9 Å². The Balaban J connectivity index is 0.000000232. The van der Waals surface area contributed by atoms with Gasteiger partial charge in [0.05, 0.1) is 37.2 Å². The quantitative estimate of drug-likeness (QED) is 0.0642. The van der Waals surface area contributed by atoms with Crippen LogP contribution in [0.5, 0.6) is 23.0 Å². The lowest BCUT2D eigenvalue weighted by Crippen LogP contribution is -2.08. The van der Waals surface area contributed by atoms with Crippen molar-refractivity contribution in [1.82, 2.24) is 0 Å². The molecule has 0 fully saturated rings. The fourth-order valence-corrected chi connectivity index (χ4v) is 7.51. The molecule has 0 saturated carbocycles. The fourth-order valence-electron chi connectivity index (χ4n) is 4.98. The second-order valence-electron chi connectivity index (χ2n) is 11.3. The Morgan fingerprint density at radius 2 is 1.09 bits per heavy atom. The lowest BCUT2D eigenvalue weighted by Gasteiger charge is -2.10. The number of hydrogen-bond acceptors (Lipinski definition) is 12. The van der Waals surface area contributed by atoms with E-state index in [1.807, 2.05) is 0 Å². The van der Waals surface area contributed by atoms with Gasteiger partial charge in [0.2, 0.25) is 0 Å². The molecule has 16 heteroatoms. The molecule has 6 rings (SSSR count). The van der Waals surface area contributed by atoms with Crippen LogP contribution in [-0.4, -0.2) is 43.9 Å². The SMILES string of the molecule is [2H]c1c(O)c([2H])c2oc(C(C)O)c(C(=O)c3cc(Br)c(O)c(Br)c3)c2c1[2H].[2H]c1c(OC(C)=O)c([2H])c2oc(C(C)O)c(C(=O)c3cc(Br)c(OC(C)=O)c(Br)c3)c2c1[2H]. The first-order chi connectivity index (χ1) is 27.9. The predicted molar refractivity (Wildman–Crippen MR) is 210 cm³/mol. The summed E-state index contributed by atoms with van der Waals surface area (Å²) >= 11 is 12.8. The van der Waals surface area contributed by atoms with Crippen molar-refractivity contribution in [3.05, 3.63) is 112 Å². The highest BCUT2D eigenvalue weighted by atomic mass is 79.9. The molecule has 0 aliphatic carbocycles. The maximum absolute atomic E-state index is 13.5. The molecule has 0 saturated heterocycles. The molecule has 0 aliphatic heterocycles. The van der Waals surface area contributed by atoms with E-state index < -0.39 is 83.5 Å². The van der Waals surface area contributed by atoms with Gasteiger partial charge in [0.25, 0.3) is 0 Å². The molecule has 4 aromatic carbocycles. The number of ketones is 2. The van der Waals surface area contributed by atoms with E-state index in [-0.39, 0.29) is 85.1 Å². The molecule has 0 aliphatic rings.